The van der Waals surface area contributed by atoms with Crippen molar-refractivity contribution in [1.82, 2.24) is 15.5 Å². The Morgan fingerprint density at radius 3 is 2.68 bits per heavy atom. The molecule has 0 aromatic carbocycles. The highest BCUT2D eigenvalue weighted by Gasteiger charge is 2.31. The summed E-state index contributed by atoms with van der Waals surface area (Å²) < 4.78 is 0. The number of nitrogens with one attached hydrogen (secondary N) is 2. The summed E-state index contributed by atoms with van der Waals surface area (Å²) in [4.78, 5) is 35.2. The van der Waals surface area contributed by atoms with Gasteiger partial charge >= 0.3 is 12.0 Å². The van der Waals surface area contributed by atoms with Gasteiger partial charge in [0.05, 0.1) is 6.04 Å². The lowest BCUT2D eigenvalue weighted by molar-refractivity contribution is -0.137. The van der Waals surface area contributed by atoms with Gasteiger partial charge in [-0.15, -0.1) is 0 Å². The smallest absolute Gasteiger partial charge is 0.315 e. The van der Waals surface area contributed by atoms with Gasteiger partial charge in [0.15, 0.2) is 0 Å². The Morgan fingerprint density at radius 1 is 1.47 bits per heavy atom. The highest BCUT2D eigenvalue weighted by Crippen LogP contribution is 2.13. The van der Waals surface area contributed by atoms with Crippen LogP contribution in [-0.2, 0) is 9.59 Å². The van der Waals surface area contributed by atoms with E-state index in [9.17, 15) is 14.4 Å². The van der Waals surface area contributed by atoms with Gasteiger partial charge in [0.1, 0.15) is 0 Å². The summed E-state index contributed by atoms with van der Waals surface area (Å²) in [6.07, 6.45) is 0.745. The lowest BCUT2D eigenvalue weighted by Gasteiger charge is -2.21. The van der Waals surface area contributed by atoms with Gasteiger partial charge in [0, 0.05) is 32.0 Å². The summed E-state index contributed by atoms with van der Waals surface area (Å²) >= 11 is 0. The van der Waals surface area contributed by atoms with Gasteiger partial charge in [0.25, 0.3) is 0 Å². The molecule has 0 aliphatic carbocycles. The average molecular weight is 271 g/mol. The zero-order valence-corrected chi connectivity index (χ0v) is 11.3. The number of amides is 3. The molecule has 1 heterocycles. The molecule has 1 rings (SSSR count). The summed E-state index contributed by atoms with van der Waals surface area (Å²) in [5, 5.41) is 13.8. The number of aliphatic carboxylic acids is 1. The Kier molecular flexibility index (Phi) is 5.59. The molecule has 1 aliphatic heterocycles. The second-order valence-electron chi connectivity index (χ2n) is 4.94. The number of rotatable bonds is 6. The monoisotopic (exact) mass is 271 g/mol. The van der Waals surface area contributed by atoms with Gasteiger partial charge < -0.3 is 20.6 Å². The number of hydrogen-bond donors (Lipinski definition) is 3. The number of carbonyl (C=O) groups excluding carboxylic acids is 2. The van der Waals surface area contributed by atoms with E-state index in [-0.39, 0.29) is 30.4 Å². The molecule has 0 radical (unpaired) electrons. The Labute approximate surface area is 112 Å². The third-order valence-corrected chi connectivity index (χ3v) is 2.97. The van der Waals surface area contributed by atoms with Gasteiger partial charge in [-0.1, -0.05) is 0 Å². The molecule has 1 aliphatic rings. The number of urea groups is 1. The predicted molar refractivity (Wildman–Crippen MR) is 68.7 cm³/mol. The molecule has 3 N–H and O–H groups in total. The molecular formula is C12H21N3O4. The second kappa shape index (κ2) is 6.96. The normalized spacial score (nSPS) is 18.8. The molecule has 1 saturated heterocycles. The van der Waals surface area contributed by atoms with Crippen molar-refractivity contribution in [2.45, 2.75) is 45.2 Å². The first-order valence-corrected chi connectivity index (χ1v) is 6.45. The Balaban J connectivity index is 2.23. The van der Waals surface area contributed by atoms with Crippen LogP contribution in [0.4, 0.5) is 4.79 Å². The van der Waals surface area contributed by atoms with E-state index >= 15 is 0 Å². The van der Waals surface area contributed by atoms with Crippen molar-refractivity contribution in [1.29, 1.82) is 0 Å². The minimum atomic E-state index is -0.879. The number of hydrogen-bond acceptors (Lipinski definition) is 3. The van der Waals surface area contributed by atoms with Crippen LogP contribution >= 0.6 is 0 Å². The number of nitrogens with zero attached hydrogens (tertiary/aromatic N) is 1. The number of carboxylic acids is 1. The molecule has 0 aromatic rings. The Morgan fingerprint density at radius 2 is 2.16 bits per heavy atom. The molecule has 0 spiro atoms. The van der Waals surface area contributed by atoms with Crippen LogP contribution in [0.25, 0.3) is 0 Å². The second-order valence-corrected chi connectivity index (χ2v) is 4.94. The number of likely N-dealkylation sites (tertiary alicyclic amines) is 1. The van der Waals surface area contributed by atoms with Crippen LogP contribution in [-0.4, -0.2) is 53.1 Å². The molecule has 19 heavy (non-hydrogen) atoms. The van der Waals surface area contributed by atoms with Crippen molar-refractivity contribution in [3.63, 3.8) is 0 Å². The van der Waals surface area contributed by atoms with E-state index in [1.165, 1.54) is 0 Å². The van der Waals surface area contributed by atoms with E-state index in [1.54, 1.807) is 4.90 Å². The quantitative estimate of drug-likeness (QED) is 0.599. The zero-order valence-electron chi connectivity index (χ0n) is 11.3. The molecule has 1 atom stereocenters. The molecule has 0 saturated carbocycles. The molecular weight excluding hydrogens is 250 g/mol. The molecule has 1 unspecified atom stereocenters. The van der Waals surface area contributed by atoms with Gasteiger partial charge in [-0.25, -0.2) is 4.79 Å². The van der Waals surface area contributed by atoms with Crippen LogP contribution < -0.4 is 10.6 Å². The van der Waals surface area contributed by atoms with Crippen LogP contribution in [0.5, 0.6) is 0 Å². The van der Waals surface area contributed by atoms with Crippen molar-refractivity contribution >= 4 is 17.9 Å². The maximum absolute atomic E-state index is 11.6. The first-order valence-electron chi connectivity index (χ1n) is 6.45. The highest BCUT2D eigenvalue weighted by molar-refractivity contribution is 5.81. The molecule has 7 heteroatoms. The van der Waals surface area contributed by atoms with E-state index in [1.807, 2.05) is 13.8 Å². The highest BCUT2D eigenvalue weighted by atomic mass is 16.4. The summed E-state index contributed by atoms with van der Waals surface area (Å²) in [6.45, 7) is 4.71. The lowest BCUT2D eigenvalue weighted by Crippen LogP contribution is -2.44. The van der Waals surface area contributed by atoms with E-state index in [0.717, 1.165) is 0 Å². The number of carboxylic acid groups (broad SMARTS) is 1. The maximum atomic E-state index is 11.6. The van der Waals surface area contributed by atoms with Crippen LogP contribution in [0, 0.1) is 0 Å². The molecule has 108 valence electrons. The lowest BCUT2D eigenvalue weighted by atomic mass is 10.2. The van der Waals surface area contributed by atoms with Gasteiger partial charge in [-0.2, -0.15) is 0 Å². The molecule has 0 aromatic heterocycles. The van der Waals surface area contributed by atoms with Crippen molar-refractivity contribution in [2.75, 3.05) is 13.1 Å². The minimum absolute atomic E-state index is 0.0311. The van der Waals surface area contributed by atoms with Crippen molar-refractivity contribution < 1.29 is 19.5 Å². The predicted octanol–water partition coefficient (Wildman–Crippen LogP) is 0.160. The summed E-state index contributed by atoms with van der Waals surface area (Å²) in [6, 6.07) is -0.388. The van der Waals surface area contributed by atoms with Gasteiger partial charge in [-0.05, 0) is 20.3 Å². The fourth-order valence-corrected chi connectivity index (χ4v) is 2.01. The standard InChI is InChI=1S/C12H21N3O4/c1-8(2)15-7-9(6-10(15)16)14-12(19)13-5-3-4-11(17)18/h8-9H,3-7H2,1-2H3,(H,17,18)(H2,13,14,19). The van der Waals surface area contributed by atoms with E-state index < -0.39 is 5.97 Å². The van der Waals surface area contributed by atoms with Crippen LogP contribution in [0.2, 0.25) is 0 Å². The molecule has 0 bridgehead atoms. The SMILES string of the molecule is CC(C)N1CC(NC(=O)NCCCC(=O)O)CC1=O. The summed E-state index contributed by atoms with van der Waals surface area (Å²) in [7, 11) is 0. The van der Waals surface area contributed by atoms with Crippen molar-refractivity contribution in [3.8, 4) is 0 Å². The van der Waals surface area contributed by atoms with Crippen molar-refractivity contribution in [2.24, 2.45) is 0 Å². The zero-order chi connectivity index (χ0) is 14.4. The van der Waals surface area contributed by atoms with E-state index in [2.05, 4.69) is 10.6 Å². The van der Waals surface area contributed by atoms with Crippen molar-refractivity contribution in [3.05, 3.63) is 0 Å². The molecule has 7 nitrogen and oxygen atoms in total. The molecule has 3 amide bonds. The van der Waals surface area contributed by atoms with E-state index in [0.29, 0.717) is 25.9 Å². The fraction of sp³-hybridized carbons (Fsp3) is 0.750. The first-order chi connectivity index (χ1) is 8.90. The first kappa shape index (κ1) is 15.3. The third kappa shape index (κ3) is 5.15. The topological polar surface area (TPSA) is 98.7 Å². The van der Waals surface area contributed by atoms with Crippen LogP contribution in [0.1, 0.15) is 33.1 Å². The Hall–Kier alpha value is -1.79. The minimum Gasteiger partial charge on any atom is -0.481 e. The summed E-state index contributed by atoms with van der Waals surface area (Å²) in [5.41, 5.74) is 0. The molecule has 1 fully saturated rings. The maximum Gasteiger partial charge on any atom is 0.315 e. The third-order valence-electron chi connectivity index (χ3n) is 2.97. The Bertz CT molecular complexity index is 357. The summed E-state index contributed by atoms with van der Waals surface area (Å²) in [5.74, 6) is -0.831. The van der Waals surface area contributed by atoms with Gasteiger partial charge in [0.2, 0.25) is 5.91 Å². The van der Waals surface area contributed by atoms with Crippen LogP contribution in [0.15, 0.2) is 0 Å². The average Bonchev–Trinajstić information content (AvgIpc) is 2.65. The fourth-order valence-electron chi connectivity index (χ4n) is 2.01. The van der Waals surface area contributed by atoms with Gasteiger partial charge in [-0.3, -0.25) is 9.59 Å². The van der Waals surface area contributed by atoms with E-state index in [4.69, 9.17) is 5.11 Å². The number of carbonyl (C=O) groups is 3. The largest absolute Gasteiger partial charge is 0.481 e. The van der Waals surface area contributed by atoms with Crippen LogP contribution in [0.3, 0.4) is 0 Å².